The Balaban J connectivity index is 1.50. The number of ether oxygens (including phenoxy) is 1. The van der Waals surface area contributed by atoms with Gasteiger partial charge in [-0.15, -0.1) is 0 Å². The highest BCUT2D eigenvalue weighted by Gasteiger charge is 2.64. The Labute approximate surface area is 292 Å². The third kappa shape index (κ3) is 5.73. The Kier molecular flexibility index (Phi) is 9.02. The molecule has 254 valence electrons. The first-order valence-corrected chi connectivity index (χ1v) is 17.2. The van der Waals surface area contributed by atoms with E-state index in [1.54, 1.807) is 11.1 Å². The van der Waals surface area contributed by atoms with Crippen molar-refractivity contribution in [1.29, 1.82) is 0 Å². The number of aliphatic imine (C=N–C) groups is 1. The zero-order chi connectivity index (χ0) is 34.6. The van der Waals surface area contributed by atoms with E-state index in [0.29, 0.717) is 46.9 Å². The van der Waals surface area contributed by atoms with Gasteiger partial charge in [0.25, 0.3) is 0 Å². The van der Waals surface area contributed by atoms with Gasteiger partial charge >= 0.3 is 6.03 Å². The molecule has 11 heteroatoms. The van der Waals surface area contributed by atoms with Crippen LogP contribution in [0.15, 0.2) is 65.8 Å². The van der Waals surface area contributed by atoms with E-state index < -0.39 is 11.1 Å². The molecular weight excluding hydrogens is 649 g/mol. The van der Waals surface area contributed by atoms with Crippen molar-refractivity contribution in [3.63, 3.8) is 0 Å². The number of piperidine rings is 1. The molecule has 0 spiro atoms. The number of nitrogens with zero attached hydrogens (tertiary/aromatic N) is 4. The maximum absolute atomic E-state index is 15.1. The summed E-state index contributed by atoms with van der Waals surface area (Å²) in [5.41, 5.74) is 0.925. The number of amidine groups is 1. The van der Waals surface area contributed by atoms with Crippen molar-refractivity contribution < 1.29 is 19.4 Å². The molecule has 5 atom stereocenters. The Morgan fingerprint density at radius 1 is 1.00 bits per heavy atom. The number of benzene rings is 2. The zero-order valence-corrected chi connectivity index (χ0v) is 29.8. The predicted octanol–water partition coefficient (Wildman–Crippen LogP) is 6.38. The maximum atomic E-state index is 15.1. The molecule has 1 saturated heterocycles. The van der Waals surface area contributed by atoms with Gasteiger partial charge in [0, 0.05) is 59.0 Å². The lowest BCUT2D eigenvalue weighted by molar-refractivity contribution is -0.123. The predicted molar refractivity (Wildman–Crippen MR) is 188 cm³/mol. The van der Waals surface area contributed by atoms with Gasteiger partial charge in [-0.25, -0.2) is 4.79 Å². The second kappa shape index (κ2) is 12.7. The van der Waals surface area contributed by atoms with Crippen LogP contribution in [0.3, 0.4) is 0 Å². The number of carbonyl (C=O) groups is 2. The summed E-state index contributed by atoms with van der Waals surface area (Å²) in [5.74, 6) is 0.940. The fourth-order valence-corrected chi connectivity index (χ4v) is 7.62. The summed E-state index contributed by atoms with van der Waals surface area (Å²) in [6.45, 7) is 13.7. The minimum Gasteiger partial charge on any atom is -0.493 e. The van der Waals surface area contributed by atoms with Crippen LogP contribution in [0.25, 0.3) is 0 Å². The number of aliphatic hydroxyl groups excluding tert-OH is 1. The molecule has 3 amide bonds. The van der Waals surface area contributed by atoms with Crippen LogP contribution in [0.4, 0.5) is 4.79 Å². The summed E-state index contributed by atoms with van der Waals surface area (Å²) in [6.07, 6.45) is 1.77. The smallest absolute Gasteiger partial charge is 0.326 e. The molecule has 0 radical (unpaired) electrons. The molecule has 2 aliphatic heterocycles. The first-order chi connectivity index (χ1) is 22.7. The van der Waals surface area contributed by atoms with Crippen LogP contribution in [0.1, 0.15) is 63.9 Å². The largest absolute Gasteiger partial charge is 0.493 e. The normalized spacial score (nSPS) is 26.3. The summed E-state index contributed by atoms with van der Waals surface area (Å²) < 4.78 is 6.25. The van der Waals surface area contributed by atoms with E-state index >= 15 is 4.79 Å². The van der Waals surface area contributed by atoms with Gasteiger partial charge in [0.1, 0.15) is 22.7 Å². The van der Waals surface area contributed by atoms with Gasteiger partial charge in [0.2, 0.25) is 5.91 Å². The van der Waals surface area contributed by atoms with E-state index in [9.17, 15) is 4.79 Å². The molecule has 48 heavy (non-hydrogen) atoms. The van der Waals surface area contributed by atoms with Crippen molar-refractivity contribution in [2.45, 2.75) is 58.0 Å². The van der Waals surface area contributed by atoms with Crippen LogP contribution in [0.5, 0.6) is 5.75 Å². The Bertz CT molecular complexity index is 1730. The minimum atomic E-state index is -1.05. The van der Waals surface area contributed by atoms with Crippen molar-refractivity contribution in [3.05, 3.63) is 93.2 Å². The fourth-order valence-electron chi connectivity index (χ4n) is 7.37. The second-order valence-corrected chi connectivity index (χ2v) is 15.1. The molecule has 6 rings (SSSR count). The number of aromatic nitrogens is 1. The third-order valence-corrected chi connectivity index (χ3v) is 10.8. The number of fused-ring (bicyclic) bond motifs is 1. The topological polar surface area (TPSA) is 107 Å². The fraction of sp³-hybridized carbons (Fsp3) is 0.459. The Morgan fingerprint density at radius 3 is 2.12 bits per heavy atom. The molecule has 0 bridgehead atoms. The number of urea groups is 1. The summed E-state index contributed by atoms with van der Waals surface area (Å²) >= 11 is 12.8. The summed E-state index contributed by atoms with van der Waals surface area (Å²) in [6, 6.07) is 16.9. The first kappa shape index (κ1) is 34.2. The van der Waals surface area contributed by atoms with Gasteiger partial charge in [-0.1, -0.05) is 68.2 Å². The van der Waals surface area contributed by atoms with Crippen molar-refractivity contribution in [1.82, 2.24) is 20.1 Å². The van der Waals surface area contributed by atoms with Gasteiger partial charge in [-0.3, -0.25) is 19.7 Å². The average Bonchev–Trinajstić information content (AvgIpc) is 3.43. The number of halogens is 2. The van der Waals surface area contributed by atoms with Gasteiger partial charge in [-0.2, -0.15) is 0 Å². The quantitative estimate of drug-likeness (QED) is 0.285. The molecule has 2 N–H and O–H groups in total. The van der Waals surface area contributed by atoms with Crippen molar-refractivity contribution in [2.24, 2.45) is 22.7 Å². The molecule has 3 aliphatic rings. The number of nitrogens with one attached hydrogen (secondary N) is 1. The van der Waals surface area contributed by atoms with E-state index in [0.717, 1.165) is 16.8 Å². The molecule has 2 aromatic carbocycles. The first-order valence-electron chi connectivity index (χ1n) is 16.5. The number of rotatable bonds is 8. The van der Waals surface area contributed by atoms with Crippen molar-refractivity contribution >= 4 is 41.0 Å². The van der Waals surface area contributed by atoms with E-state index in [1.807, 2.05) is 80.3 Å². The van der Waals surface area contributed by atoms with Crippen LogP contribution >= 0.6 is 23.2 Å². The number of amides is 3. The molecule has 1 saturated carbocycles. The van der Waals surface area contributed by atoms with E-state index in [2.05, 4.69) is 26.1 Å². The maximum Gasteiger partial charge on any atom is 0.326 e. The summed E-state index contributed by atoms with van der Waals surface area (Å²) in [7, 11) is 0. The SMILES string of the molecule is CCOc1cc(C(C)(C)C)ncc1C1=N[C@@](C)(c2ccc(Cl)cc2)[C@@](C)(c2ccc(Cl)cc2)N1C(=O)N1CC2C(C(=O)NCCO)[C@H]2C1. The van der Waals surface area contributed by atoms with Crippen molar-refractivity contribution in [3.8, 4) is 5.75 Å². The number of aliphatic hydroxyl groups is 1. The molecule has 2 fully saturated rings. The monoisotopic (exact) mass is 691 g/mol. The third-order valence-electron chi connectivity index (χ3n) is 10.3. The minimum absolute atomic E-state index is 0.0618. The molecular formula is C37H43Cl2N5O4. The van der Waals surface area contributed by atoms with Crippen LogP contribution in [-0.4, -0.2) is 70.5 Å². The standard InChI is InChI=1S/C37H43Cl2N5O4/c1-7-48-29-18-30(35(2,3)4)41-19-26(29)32-42-36(5,22-8-12-24(38)13-9-22)37(6,23-10-14-25(39)15-11-23)44(32)34(47)43-20-27-28(21-43)31(27)33(46)40-16-17-45/h8-15,18-19,27-28,31,45H,7,16-17,20-21H2,1-6H3,(H,40,46)/t27-,28?,31?,36-,37+/m0/s1. The molecule has 1 aromatic heterocycles. The van der Waals surface area contributed by atoms with Gasteiger partial charge < -0.3 is 20.1 Å². The van der Waals surface area contributed by atoms with Crippen molar-refractivity contribution in [2.75, 3.05) is 32.8 Å². The van der Waals surface area contributed by atoms with Gasteiger partial charge in [0.15, 0.2) is 0 Å². The second-order valence-electron chi connectivity index (χ2n) is 14.2. The Morgan fingerprint density at radius 2 is 1.58 bits per heavy atom. The number of likely N-dealkylation sites (tertiary alicyclic amines) is 1. The van der Waals surface area contributed by atoms with E-state index in [-0.39, 0.29) is 48.3 Å². The highest BCUT2D eigenvalue weighted by atomic mass is 35.5. The van der Waals surface area contributed by atoms with E-state index in [1.165, 1.54) is 0 Å². The lowest BCUT2D eigenvalue weighted by Gasteiger charge is -2.46. The highest BCUT2D eigenvalue weighted by Crippen LogP contribution is 2.56. The highest BCUT2D eigenvalue weighted by molar-refractivity contribution is 6.30. The van der Waals surface area contributed by atoms with Gasteiger partial charge in [0.05, 0.1) is 18.8 Å². The van der Waals surface area contributed by atoms with Crippen LogP contribution in [0.2, 0.25) is 10.0 Å². The summed E-state index contributed by atoms with van der Waals surface area (Å²) in [5, 5.41) is 13.1. The zero-order valence-electron chi connectivity index (χ0n) is 28.3. The number of hydrogen-bond donors (Lipinski definition) is 2. The molecule has 9 nitrogen and oxygen atoms in total. The van der Waals surface area contributed by atoms with Crippen LogP contribution in [-0.2, 0) is 21.3 Å². The van der Waals surface area contributed by atoms with E-state index in [4.69, 9.17) is 43.0 Å². The number of carbonyl (C=O) groups excluding carboxylic acids is 2. The Hall–Kier alpha value is -3.66. The lowest BCUT2D eigenvalue weighted by atomic mass is 9.71. The molecule has 3 aromatic rings. The average molecular weight is 693 g/mol. The number of hydrogen-bond acceptors (Lipinski definition) is 6. The van der Waals surface area contributed by atoms with Gasteiger partial charge in [-0.05, 0) is 68.0 Å². The number of pyridine rings is 1. The van der Waals surface area contributed by atoms with Crippen LogP contribution < -0.4 is 10.1 Å². The molecule has 2 unspecified atom stereocenters. The molecule has 1 aliphatic carbocycles. The lowest BCUT2D eigenvalue weighted by Crippen LogP contribution is -2.58. The van der Waals surface area contributed by atoms with Crippen LogP contribution in [0, 0.1) is 17.8 Å². The molecule has 3 heterocycles. The summed E-state index contributed by atoms with van der Waals surface area (Å²) in [4.78, 5) is 41.8.